The van der Waals surface area contributed by atoms with Crippen molar-refractivity contribution in [2.75, 3.05) is 12.3 Å². The monoisotopic (exact) mass is 313 g/mol. The fourth-order valence-electron chi connectivity index (χ4n) is 1.95. The minimum Gasteiger partial charge on any atom is -0.313 e. The van der Waals surface area contributed by atoms with Crippen LogP contribution in [0.2, 0.25) is 5.02 Å². The first-order chi connectivity index (χ1) is 9.42. The second-order valence-corrected chi connectivity index (χ2v) is 7.96. The molecule has 1 nitrogen and oxygen atoms in total. The molecule has 0 heterocycles. The molecule has 0 aliphatic heterocycles. The van der Waals surface area contributed by atoms with Crippen molar-refractivity contribution in [3.8, 4) is 0 Å². The van der Waals surface area contributed by atoms with Crippen molar-refractivity contribution in [1.82, 2.24) is 5.32 Å². The van der Waals surface area contributed by atoms with Crippen LogP contribution in [0.1, 0.15) is 47.0 Å². The topological polar surface area (TPSA) is 12.0 Å². The summed E-state index contributed by atoms with van der Waals surface area (Å²) in [4.78, 5) is 1.19. The summed E-state index contributed by atoms with van der Waals surface area (Å²) in [5.74, 6) is 1.08. The van der Waals surface area contributed by atoms with Crippen LogP contribution in [0, 0.1) is 5.41 Å². The van der Waals surface area contributed by atoms with Gasteiger partial charge in [-0.2, -0.15) is 0 Å². The Bertz CT molecular complexity index is 387. The largest absolute Gasteiger partial charge is 0.313 e. The van der Waals surface area contributed by atoms with Crippen LogP contribution in [0.4, 0.5) is 0 Å². The van der Waals surface area contributed by atoms with Crippen LogP contribution in [0.25, 0.3) is 0 Å². The number of benzene rings is 1. The molecule has 0 aliphatic carbocycles. The molecule has 0 saturated heterocycles. The summed E-state index contributed by atoms with van der Waals surface area (Å²) in [5.41, 5.74) is 0.404. The summed E-state index contributed by atoms with van der Waals surface area (Å²) in [6.07, 6.45) is 3.65. The molecule has 0 spiro atoms. The van der Waals surface area contributed by atoms with Gasteiger partial charge in [0, 0.05) is 16.7 Å². The van der Waals surface area contributed by atoms with Gasteiger partial charge in [-0.3, -0.25) is 0 Å². The molecule has 3 heteroatoms. The van der Waals surface area contributed by atoms with E-state index < -0.39 is 0 Å². The van der Waals surface area contributed by atoms with E-state index in [0.717, 1.165) is 17.3 Å². The van der Waals surface area contributed by atoms with Gasteiger partial charge in [0.05, 0.1) is 5.02 Å². The highest BCUT2D eigenvalue weighted by Gasteiger charge is 2.15. The minimum atomic E-state index is 0.404. The van der Waals surface area contributed by atoms with E-state index in [1.807, 2.05) is 23.9 Å². The molecule has 0 radical (unpaired) electrons. The van der Waals surface area contributed by atoms with Crippen LogP contribution in [0.15, 0.2) is 29.2 Å². The zero-order valence-electron chi connectivity index (χ0n) is 13.2. The number of hydrogen-bond acceptors (Lipinski definition) is 2. The van der Waals surface area contributed by atoms with Gasteiger partial charge < -0.3 is 5.32 Å². The van der Waals surface area contributed by atoms with Gasteiger partial charge >= 0.3 is 0 Å². The maximum Gasteiger partial charge on any atom is 0.0541 e. The van der Waals surface area contributed by atoms with Crippen molar-refractivity contribution in [3.63, 3.8) is 0 Å². The summed E-state index contributed by atoms with van der Waals surface area (Å²) in [5, 5.41) is 4.53. The maximum absolute atomic E-state index is 6.22. The van der Waals surface area contributed by atoms with E-state index in [2.05, 4.69) is 45.1 Å². The zero-order chi connectivity index (χ0) is 15.0. The Kier molecular flexibility index (Phi) is 8.01. The minimum absolute atomic E-state index is 0.404. The average Bonchev–Trinajstić information content (AvgIpc) is 2.38. The van der Waals surface area contributed by atoms with Crippen molar-refractivity contribution in [3.05, 3.63) is 29.3 Å². The van der Waals surface area contributed by atoms with E-state index in [1.54, 1.807) is 0 Å². The molecule has 114 valence electrons. The van der Waals surface area contributed by atoms with Crippen molar-refractivity contribution in [2.24, 2.45) is 5.41 Å². The smallest absolute Gasteiger partial charge is 0.0541 e. The van der Waals surface area contributed by atoms with Crippen molar-refractivity contribution < 1.29 is 0 Å². The van der Waals surface area contributed by atoms with Gasteiger partial charge in [0.1, 0.15) is 0 Å². The van der Waals surface area contributed by atoms with Crippen LogP contribution < -0.4 is 5.32 Å². The molecule has 0 aliphatic rings. The lowest BCUT2D eigenvalue weighted by Gasteiger charge is -2.24. The normalized spacial score (nSPS) is 13.4. The van der Waals surface area contributed by atoms with Crippen molar-refractivity contribution >= 4 is 23.4 Å². The summed E-state index contributed by atoms with van der Waals surface area (Å²) < 4.78 is 0. The molecule has 0 bridgehead atoms. The molecule has 0 amide bonds. The lowest BCUT2D eigenvalue weighted by molar-refractivity contribution is 0.338. The van der Waals surface area contributed by atoms with E-state index in [1.165, 1.54) is 24.2 Å². The number of nitrogens with one attached hydrogen (secondary N) is 1. The highest BCUT2D eigenvalue weighted by atomic mass is 35.5. The first kappa shape index (κ1) is 17.9. The number of hydrogen-bond donors (Lipinski definition) is 1. The zero-order valence-corrected chi connectivity index (χ0v) is 14.8. The first-order valence-corrected chi connectivity index (χ1v) is 8.89. The van der Waals surface area contributed by atoms with Gasteiger partial charge in [-0.15, -0.1) is 11.8 Å². The van der Waals surface area contributed by atoms with Gasteiger partial charge in [-0.25, -0.2) is 0 Å². The Hall–Kier alpha value is -0.180. The van der Waals surface area contributed by atoms with Gasteiger partial charge in [-0.05, 0) is 43.4 Å². The van der Waals surface area contributed by atoms with Crippen LogP contribution >= 0.6 is 23.4 Å². The molecule has 0 aromatic heterocycles. The van der Waals surface area contributed by atoms with Crippen LogP contribution in [0.5, 0.6) is 0 Å². The molecular weight excluding hydrogens is 286 g/mol. The third kappa shape index (κ3) is 7.56. The van der Waals surface area contributed by atoms with Crippen LogP contribution in [-0.4, -0.2) is 18.3 Å². The molecule has 1 atom stereocenters. The van der Waals surface area contributed by atoms with Gasteiger partial charge in [-0.1, -0.05) is 51.4 Å². The molecular formula is C17H28ClNS. The molecule has 1 rings (SSSR count). The third-order valence-electron chi connectivity index (χ3n) is 3.20. The SMILES string of the molecule is CCCNC(CCC(C)(C)C)CSc1ccccc1Cl. The van der Waals surface area contributed by atoms with Crippen molar-refractivity contribution in [1.29, 1.82) is 0 Å². The first-order valence-electron chi connectivity index (χ1n) is 7.53. The lowest BCUT2D eigenvalue weighted by Crippen LogP contribution is -2.33. The van der Waals surface area contributed by atoms with E-state index in [4.69, 9.17) is 11.6 Å². The molecule has 20 heavy (non-hydrogen) atoms. The van der Waals surface area contributed by atoms with Crippen molar-refractivity contribution in [2.45, 2.75) is 57.9 Å². The fraction of sp³-hybridized carbons (Fsp3) is 0.647. The van der Waals surface area contributed by atoms with E-state index in [0.29, 0.717) is 11.5 Å². The van der Waals surface area contributed by atoms with E-state index >= 15 is 0 Å². The molecule has 1 aromatic rings. The predicted octanol–water partition coefficient (Wildman–Crippen LogP) is 5.63. The number of rotatable bonds is 8. The lowest BCUT2D eigenvalue weighted by atomic mass is 9.89. The van der Waals surface area contributed by atoms with Crippen LogP contribution in [-0.2, 0) is 0 Å². The maximum atomic E-state index is 6.22. The average molecular weight is 314 g/mol. The quantitative estimate of drug-likeness (QED) is 0.624. The summed E-state index contributed by atoms with van der Waals surface area (Å²) in [6.45, 7) is 10.2. The standard InChI is InChI=1S/C17H28ClNS/c1-5-12-19-14(10-11-17(2,3)4)13-20-16-9-7-6-8-15(16)18/h6-9,14,19H,5,10-13H2,1-4H3. The Balaban J connectivity index is 2.49. The van der Waals surface area contributed by atoms with E-state index in [-0.39, 0.29) is 0 Å². The summed E-state index contributed by atoms with van der Waals surface area (Å²) in [7, 11) is 0. The second-order valence-electron chi connectivity index (χ2n) is 6.49. The molecule has 0 fully saturated rings. The number of thioether (sulfide) groups is 1. The van der Waals surface area contributed by atoms with Crippen LogP contribution in [0.3, 0.4) is 0 Å². The van der Waals surface area contributed by atoms with Gasteiger partial charge in [0.2, 0.25) is 0 Å². The highest BCUT2D eigenvalue weighted by molar-refractivity contribution is 7.99. The summed E-state index contributed by atoms with van der Waals surface area (Å²) in [6, 6.07) is 8.67. The predicted molar refractivity (Wildman–Crippen MR) is 92.9 cm³/mol. The Labute approximate surface area is 133 Å². The van der Waals surface area contributed by atoms with Gasteiger partial charge in [0.15, 0.2) is 0 Å². The molecule has 0 saturated carbocycles. The Morgan fingerprint density at radius 1 is 1.25 bits per heavy atom. The van der Waals surface area contributed by atoms with Gasteiger partial charge in [0.25, 0.3) is 0 Å². The Morgan fingerprint density at radius 2 is 1.95 bits per heavy atom. The third-order valence-corrected chi connectivity index (χ3v) is 4.88. The second kappa shape index (κ2) is 8.96. The summed E-state index contributed by atoms with van der Waals surface area (Å²) >= 11 is 8.08. The molecule has 1 N–H and O–H groups in total. The fourth-order valence-corrected chi connectivity index (χ4v) is 3.30. The highest BCUT2D eigenvalue weighted by Crippen LogP contribution is 2.29. The van der Waals surface area contributed by atoms with E-state index in [9.17, 15) is 0 Å². The number of halogens is 1. The molecule has 1 unspecified atom stereocenters. The Morgan fingerprint density at radius 3 is 2.55 bits per heavy atom. The molecule has 1 aromatic carbocycles.